The molecular weight excluding hydrogens is 298 g/mol. The van der Waals surface area contributed by atoms with Gasteiger partial charge in [0, 0.05) is 30.8 Å². The van der Waals surface area contributed by atoms with Crippen LogP contribution < -0.4 is 0 Å². The number of hydrogen-bond acceptors (Lipinski definition) is 4. The number of rotatable bonds is 5. The third kappa shape index (κ3) is 3.22. The Morgan fingerprint density at radius 2 is 2.08 bits per heavy atom. The monoisotopic (exact) mass is 325 g/mol. The molecule has 1 aliphatic carbocycles. The highest BCUT2D eigenvalue weighted by molar-refractivity contribution is 5.37. The van der Waals surface area contributed by atoms with Gasteiger partial charge in [0.05, 0.1) is 5.69 Å². The zero-order valence-electron chi connectivity index (χ0n) is 14.8. The molecule has 4 rings (SSSR count). The second-order valence-electron chi connectivity index (χ2n) is 7.40. The Kier molecular flexibility index (Phi) is 4.35. The number of nitrogens with zero attached hydrogens (tertiary/aromatic N) is 5. The molecule has 0 amide bonds. The third-order valence-corrected chi connectivity index (χ3v) is 5.47. The van der Waals surface area contributed by atoms with Crippen LogP contribution in [0, 0.1) is 6.92 Å². The molecule has 2 aliphatic rings. The highest BCUT2D eigenvalue weighted by atomic mass is 15.4. The van der Waals surface area contributed by atoms with Crippen LogP contribution in [0.15, 0.2) is 18.5 Å². The molecule has 1 aliphatic heterocycles. The van der Waals surface area contributed by atoms with Gasteiger partial charge in [0.15, 0.2) is 5.82 Å². The first-order valence-corrected chi connectivity index (χ1v) is 9.29. The standard InChI is InChI=1S/C19H27N5/c1-14-13-20-11-10-17(14)24-18(21-19(22-24)15-6-7-15)9-8-16-5-3-4-12-23(16)2/h10-11,13,15-16H,3-9,12H2,1-2H3. The van der Waals surface area contributed by atoms with Crippen LogP contribution in [-0.4, -0.2) is 44.3 Å². The van der Waals surface area contributed by atoms with Crippen LogP contribution in [0.2, 0.25) is 0 Å². The average Bonchev–Trinajstić information content (AvgIpc) is 3.35. The zero-order valence-corrected chi connectivity index (χ0v) is 14.8. The topological polar surface area (TPSA) is 46.8 Å². The Bertz CT molecular complexity index is 704. The minimum atomic E-state index is 0.587. The maximum atomic E-state index is 4.91. The van der Waals surface area contributed by atoms with Gasteiger partial charge >= 0.3 is 0 Å². The van der Waals surface area contributed by atoms with Crippen LogP contribution in [0.4, 0.5) is 0 Å². The molecule has 0 aromatic carbocycles. The molecule has 3 heterocycles. The van der Waals surface area contributed by atoms with Crippen molar-refractivity contribution in [2.75, 3.05) is 13.6 Å². The van der Waals surface area contributed by atoms with Crippen LogP contribution in [0.1, 0.15) is 61.7 Å². The molecule has 1 atom stereocenters. The summed E-state index contributed by atoms with van der Waals surface area (Å²) in [5.41, 5.74) is 2.28. The zero-order chi connectivity index (χ0) is 16.5. The van der Waals surface area contributed by atoms with Crippen molar-refractivity contribution in [1.29, 1.82) is 0 Å². The van der Waals surface area contributed by atoms with Crippen LogP contribution in [0.25, 0.3) is 5.69 Å². The quantitative estimate of drug-likeness (QED) is 0.846. The van der Waals surface area contributed by atoms with E-state index in [4.69, 9.17) is 10.1 Å². The second-order valence-corrected chi connectivity index (χ2v) is 7.40. The van der Waals surface area contributed by atoms with E-state index in [0.29, 0.717) is 12.0 Å². The summed E-state index contributed by atoms with van der Waals surface area (Å²) >= 11 is 0. The molecule has 1 unspecified atom stereocenters. The SMILES string of the molecule is Cc1cnccc1-n1nc(C2CC2)nc1CCC1CCCCN1C. The molecule has 2 aromatic heterocycles. The van der Waals surface area contributed by atoms with Gasteiger partial charge in [-0.15, -0.1) is 0 Å². The summed E-state index contributed by atoms with van der Waals surface area (Å²) in [6.07, 6.45) is 12.4. The van der Waals surface area contributed by atoms with E-state index in [-0.39, 0.29) is 0 Å². The predicted molar refractivity (Wildman–Crippen MR) is 94.5 cm³/mol. The van der Waals surface area contributed by atoms with Gasteiger partial charge in [0.1, 0.15) is 5.82 Å². The van der Waals surface area contributed by atoms with E-state index in [2.05, 4.69) is 34.6 Å². The van der Waals surface area contributed by atoms with Crippen molar-refractivity contribution in [3.8, 4) is 5.69 Å². The lowest BCUT2D eigenvalue weighted by Crippen LogP contribution is -2.36. The van der Waals surface area contributed by atoms with Crippen molar-refractivity contribution in [2.45, 2.75) is 63.8 Å². The molecule has 5 heteroatoms. The van der Waals surface area contributed by atoms with Crippen LogP contribution in [-0.2, 0) is 6.42 Å². The first kappa shape index (κ1) is 15.8. The number of aryl methyl sites for hydroxylation is 2. The summed E-state index contributed by atoms with van der Waals surface area (Å²) < 4.78 is 2.08. The van der Waals surface area contributed by atoms with Gasteiger partial charge in [-0.25, -0.2) is 9.67 Å². The van der Waals surface area contributed by atoms with Crippen LogP contribution in [0.3, 0.4) is 0 Å². The summed E-state index contributed by atoms with van der Waals surface area (Å²) in [7, 11) is 2.26. The predicted octanol–water partition coefficient (Wildman–Crippen LogP) is 3.27. The van der Waals surface area contributed by atoms with Crippen molar-refractivity contribution in [2.24, 2.45) is 0 Å². The summed E-state index contributed by atoms with van der Waals surface area (Å²) in [6, 6.07) is 2.74. The Morgan fingerprint density at radius 3 is 2.83 bits per heavy atom. The molecule has 1 saturated heterocycles. The molecule has 2 fully saturated rings. The van der Waals surface area contributed by atoms with E-state index in [1.807, 2.05) is 12.4 Å². The number of aromatic nitrogens is 4. The van der Waals surface area contributed by atoms with Crippen molar-refractivity contribution >= 4 is 0 Å². The molecule has 1 saturated carbocycles. The summed E-state index contributed by atoms with van der Waals surface area (Å²) in [5, 5.41) is 4.85. The molecule has 0 bridgehead atoms. The Hall–Kier alpha value is -1.75. The Balaban J connectivity index is 1.58. The number of pyridine rings is 1. The molecule has 5 nitrogen and oxygen atoms in total. The van der Waals surface area contributed by atoms with E-state index in [1.54, 1.807) is 0 Å². The number of piperidine rings is 1. The normalized spacial score (nSPS) is 22.0. The first-order valence-electron chi connectivity index (χ1n) is 9.29. The van der Waals surface area contributed by atoms with Gasteiger partial charge in [0.25, 0.3) is 0 Å². The number of hydrogen-bond donors (Lipinski definition) is 0. The van der Waals surface area contributed by atoms with E-state index in [1.165, 1.54) is 45.1 Å². The molecule has 128 valence electrons. The fourth-order valence-electron chi connectivity index (χ4n) is 3.74. The molecule has 0 radical (unpaired) electrons. The van der Waals surface area contributed by atoms with Crippen molar-refractivity contribution in [3.63, 3.8) is 0 Å². The largest absolute Gasteiger partial charge is 0.303 e. The van der Waals surface area contributed by atoms with Gasteiger partial charge in [-0.1, -0.05) is 6.42 Å². The Labute approximate surface area is 144 Å². The van der Waals surface area contributed by atoms with Gasteiger partial charge in [0.2, 0.25) is 0 Å². The summed E-state index contributed by atoms with van der Waals surface area (Å²) in [4.78, 5) is 11.6. The molecule has 0 spiro atoms. The molecule has 0 N–H and O–H groups in total. The average molecular weight is 325 g/mol. The van der Waals surface area contributed by atoms with Gasteiger partial charge in [-0.05, 0) is 64.3 Å². The fraction of sp³-hybridized carbons (Fsp3) is 0.632. The van der Waals surface area contributed by atoms with Crippen LogP contribution >= 0.6 is 0 Å². The molecule has 2 aromatic rings. The van der Waals surface area contributed by atoms with Gasteiger partial charge in [-0.3, -0.25) is 4.98 Å². The summed E-state index contributed by atoms with van der Waals surface area (Å²) in [6.45, 7) is 3.33. The van der Waals surface area contributed by atoms with Crippen molar-refractivity contribution in [1.82, 2.24) is 24.6 Å². The van der Waals surface area contributed by atoms with Crippen LogP contribution in [0.5, 0.6) is 0 Å². The third-order valence-electron chi connectivity index (χ3n) is 5.47. The number of likely N-dealkylation sites (tertiary alicyclic amines) is 1. The first-order chi connectivity index (χ1) is 11.7. The van der Waals surface area contributed by atoms with Gasteiger partial charge in [-0.2, -0.15) is 5.10 Å². The van der Waals surface area contributed by atoms with Crippen molar-refractivity contribution in [3.05, 3.63) is 35.7 Å². The lowest BCUT2D eigenvalue weighted by molar-refractivity contribution is 0.175. The van der Waals surface area contributed by atoms with E-state index in [0.717, 1.165) is 29.3 Å². The smallest absolute Gasteiger partial charge is 0.154 e. The highest BCUT2D eigenvalue weighted by Gasteiger charge is 2.29. The van der Waals surface area contributed by atoms with E-state index < -0.39 is 0 Å². The van der Waals surface area contributed by atoms with Crippen molar-refractivity contribution < 1.29 is 0 Å². The summed E-state index contributed by atoms with van der Waals surface area (Å²) in [5.74, 6) is 2.74. The Morgan fingerprint density at radius 1 is 1.21 bits per heavy atom. The minimum absolute atomic E-state index is 0.587. The molecular formula is C19H27N5. The highest BCUT2D eigenvalue weighted by Crippen LogP contribution is 2.38. The lowest BCUT2D eigenvalue weighted by Gasteiger charge is -2.32. The minimum Gasteiger partial charge on any atom is -0.303 e. The molecule has 24 heavy (non-hydrogen) atoms. The second kappa shape index (κ2) is 6.63. The maximum Gasteiger partial charge on any atom is 0.154 e. The van der Waals surface area contributed by atoms with E-state index in [9.17, 15) is 0 Å². The van der Waals surface area contributed by atoms with E-state index >= 15 is 0 Å². The fourth-order valence-corrected chi connectivity index (χ4v) is 3.74. The lowest BCUT2D eigenvalue weighted by atomic mass is 9.98. The maximum absolute atomic E-state index is 4.91. The van der Waals surface area contributed by atoms with Gasteiger partial charge < -0.3 is 4.90 Å².